The largest absolute Gasteiger partial charge is 0.454 e. The average Bonchev–Trinajstić information content (AvgIpc) is 3.12. The Hall–Kier alpha value is -3.75. The maximum atomic E-state index is 13.7. The summed E-state index contributed by atoms with van der Waals surface area (Å²) in [6.07, 6.45) is 1.16. The van der Waals surface area contributed by atoms with Crippen LogP contribution in [0.3, 0.4) is 0 Å². The van der Waals surface area contributed by atoms with Gasteiger partial charge < -0.3 is 20.1 Å². The van der Waals surface area contributed by atoms with Crippen LogP contribution in [-0.4, -0.2) is 22.7 Å². The molecule has 4 rings (SSSR count). The Morgan fingerprint density at radius 1 is 1.00 bits per heavy atom. The van der Waals surface area contributed by atoms with E-state index in [1.807, 2.05) is 0 Å². The van der Waals surface area contributed by atoms with Gasteiger partial charge in [0, 0.05) is 23.9 Å². The number of rotatable bonds is 4. The topological polar surface area (TPSA) is 85.4 Å². The van der Waals surface area contributed by atoms with E-state index >= 15 is 0 Å². The summed E-state index contributed by atoms with van der Waals surface area (Å²) in [5.74, 6) is -0.637. The molecule has 0 fully saturated rings. The number of benzene rings is 2. The van der Waals surface area contributed by atoms with Gasteiger partial charge in [-0.25, -0.2) is 18.7 Å². The van der Waals surface area contributed by atoms with Crippen LogP contribution in [0.5, 0.6) is 11.5 Å². The SMILES string of the molecule is O=C(Nc1ccc2c(c1)OCO2)c1cc(Nc2ccc(F)cc2F)ncn1. The van der Waals surface area contributed by atoms with Gasteiger partial charge in [-0.1, -0.05) is 0 Å². The molecule has 0 aliphatic carbocycles. The number of aromatic nitrogens is 2. The highest BCUT2D eigenvalue weighted by Crippen LogP contribution is 2.34. The molecule has 2 N–H and O–H groups in total. The predicted octanol–water partition coefficient (Wildman–Crippen LogP) is 3.48. The number of nitrogens with one attached hydrogen (secondary N) is 2. The molecule has 0 saturated carbocycles. The lowest BCUT2D eigenvalue weighted by atomic mass is 10.2. The van der Waals surface area contributed by atoms with Gasteiger partial charge in [-0.05, 0) is 24.3 Å². The van der Waals surface area contributed by atoms with E-state index in [0.717, 1.165) is 18.5 Å². The lowest BCUT2D eigenvalue weighted by molar-refractivity contribution is 0.102. The van der Waals surface area contributed by atoms with Crippen LogP contribution in [-0.2, 0) is 0 Å². The van der Waals surface area contributed by atoms with Crippen molar-refractivity contribution in [3.8, 4) is 11.5 Å². The molecule has 2 aromatic carbocycles. The Morgan fingerprint density at radius 3 is 2.70 bits per heavy atom. The van der Waals surface area contributed by atoms with Crippen molar-refractivity contribution < 1.29 is 23.0 Å². The molecule has 9 heteroatoms. The molecule has 1 amide bonds. The van der Waals surface area contributed by atoms with Gasteiger partial charge in [0.05, 0.1) is 5.69 Å². The smallest absolute Gasteiger partial charge is 0.274 e. The van der Waals surface area contributed by atoms with Crippen molar-refractivity contribution in [3.05, 3.63) is 66.1 Å². The van der Waals surface area contributed by atoms with Crippen LogP contribution in [0.15, 0.2) is 48.8 Å². The quantitative estimate of drug-likeness (QED) is 0.731. The first-order chi connectivity index (χ1) is 13.1. The van der Waals surface area contributed by atoms with E-state index in [1.165, 1.54) is 12.1 Å². The first-order valence-electron chi connectivity index (χ1n) is 7.83. The van der Waals surface area contributed by atoms with Crippen molar-refractivity contribution in [2.24, 2.45) is 0 Å². The van der Waals surface area contributed by atoms with Crippen LogP contribution < -0.4 is 20.1 Å². The van der Waals surface area contributed by atoms with Gasteiger partial charge in [-0.3, -0.25) is 4.79 Å². The Bertz CT molecular complexity index is 1030. The molecule has 27 heavy (non-hydrogen) atoms. The maximum absolute atomic E-state index is 13.7. The number of halogens is 2. The van der Waals surface area contributed by atoms with Gasteiger partial charge in [-0.15, -0.1) is 0 Å². The van der Waals surface area contributed by atoms with Crippen LogP contribution in [0, 0.1) is 11.6 Å². The highest BCUT2D eigenvalue weighted by atomic mass is 19.1. The summed E-state index contributed by atoms with van der Waals surface area (Å²) in [6.45, 7) is 0.133. The third-order valence-electron chi connectivity index (χ3n) is 3.72. The molecule has 0 radical (unpaired) electrons. The van der Waals surface area contributed by atoms with Crippen LogP contribution in [0.4, 0.5) is 26.0 Å². The minimum Gasteiger partial charge on any atom is -0.454 e. The zero-order valence-corrected chi connectivity index (χ0v) is 13.7. The monoisotopic (exact) mass is 370 g/mol. The summed E-state index contributed by atoms with van der Waals surface area (Å²) in [5, 5.41) is 5.36. The molecule has 0 bridgehead atoms. The third kappa shape index (κ3) is 3.61. The fourth-order valence-electron chi connectivity index (χ4n) is 2.45. The summed E-state index contributed by atoms with van der Waals surface area (Å²) in [5.41, 5.74) is 0.590. The second-order valence-electron chi connectivity index (χ2n) is 5.56. The van der Waals surface area contributed by atoms with Crippen molar-refractivity contribution in [3.63, 3.8) is 0 Å². The molecular formula is C18H12F2N4O3. The number of nitrogens with zero attached hydrogens (tertiary/aromatic N) is 2. The van der Waals surface area contributed by atoms with Gasteiger partial charge in [0.2, 0.25) is 6.79 Å². The molecule has 0 saturated heterocycles. The number of anilines is 3. The zero-order chi connectivity index (χ0) is 18.8. The van der Waals surface area contributed by atoms with Crippen molar-refractivity contribution in [1.82, 2.24) is 9.97 Å². The number of fused-ring (bicyclic) bond motifs is 1. The highest BCUT2D eigenvalue weighted by molar-refractivity contribution is 6.03. The molecule has 1 aliphatic rings. The van der Waals surface area contributed by atoms with E-state index in [-0.39, 0.29) is 24.0 Å². The summed E-state index contributed by atoms with van der Waals surface area (Å²) < 4.78 is 37.2. The van der Waals surface area contributed by atoms with E-state index in [2.05, 4.69) is 20.6 Å². The van der Waals surface area contributed by atoms with Crippen molar-refractivity contribution in [2.45, 2.75) is 0 Å². The molecular weight excluding hydrogens is 358 g/mol. The standard InChI is InChI=1S/C18H12F2N4O3/c19-10-1-3-13(12(20)5-10)24-17-7-14(21-8-22-17)18(25)23-11-2-4-15-16(6-11)27-9-26-15/h1-8H,9H2,(H,23,25)(H,21,22,24). The molecule has 2 heterocycles. The second-order valence-corrected chi connectivity index (χ2v) is 5.56. The summed E-state index contributed by atoms with van der Waals surface area (Å²) in [4.78, 5) is 20.3. The first-order valence-corrected chi connectivity index (χ1v) is 7.83. The zero-order valence-electron chi connectivity index (χ0n) is 13.7. The average molecular weight is 370 g/mol. The van der Waals surface area contributed by atoms with E-state index in [4.69, 9.17) is 9.47 Å². The Kier molecular flexibility index (Phi) is 4.25. The molecule has 0 unspecified atom stereocenters. The number of hydrogen-bond donors (Lipinski definition) is 2. The molecule has 1 aromatic heterocycles. The Morgan fingerprint density at radius 2 is 1.85 bits per heavy atom. The van der Waals surface area contributed by atoms with Crippen LogP contribution in [0.25, 0.3) is 0 Å². The van der Waals surface area contributed by atoms with Crippen molar-refractivity contribution in [1.29, 1.82) is 0 Å². The van der Waals surface area contributed by atoms with E-state index in [1.54, 1.807) is 18.2 Å². The minimum atomic E-state index is -0.778. The van der Waals surface area contributed by atoms with Crippen LogP contribution in [0.2, 0.25) is 0 Å². The van der Waals surface area contributed by atoms with Crippen LogP contribution >= 0.6 is 0 Å². The maximum Gasteiger partial charge on any atom is 0.274 e. The van der Waals surface area contributed by atoms with Gasteiger partial charge in [0.15, 0.2) is 11.5 Å². The minimum absolute atomic E-state index is 0.0252. The third-order valence-corrected chi connectivity index (χ3v) is 3.72. The van der Waals surface area contributed by atoms with Crippen molar-refractivity contribution >= 4 is 23.1 Å². The number of carbonyl (C=O) groups is 1. The summed E-state index contributed by atoms with van der Waals surface area (Å²) >= 11 is 0. The normalized spacial score (nSPS) is 11.9. The summed E-state index contributed by atoms with van der Waals surface area (Å²) in [7, 11) is 0. The number of carbonyl (C=O) groups excluding carboxylic acids is 1. The van der Waals surface area contributed by atoms with Crippen LogP contribution in [0.1, 0.15) is 10.5 Å². The molecule has 136 valence electrons. The molecule has 0 spiro atoms. The second kappa shape index (κ2) is 6.87. The number of hydrogen-bond acceptors (Lipinski definition) is 6. The molecule has 3 aromatic rings. The number of amides is 1. The van der Waals surface area contributed by atoms with Gasteiger partial charge >= 0.3 is 0 Å². The summed E-state index contributed by atoms with van der Waals surface area (Å²) in [6, 6.07) is 9.43. The van der Waals surface area contributed by atoms with Crippen molar-refractivity contribution in [2.75, 3.05) is 17.4 Å². The van der Waals surface area contributed by atoms with Gasteiger partial charge in [-0.2, -0.15) is 0 Å². The van der Waals surface area contributed by atoms with Gasteiger partial charge in [0.1, 0.15) is 29.5 Å². The fourth-order valence-corrected chi connectivity index (χ4v) is 2.45. The predicted molar refractivity (Wildman–Crippen MR) is 92.2 cm³/mol. The lowest BCUT2D eigenvalue weighted by Crippen LogP contribution is -2.14. The van der Waals surface area contributed by atoms with E-state index < -0.39 is 17.5 Å². The van der Waals surface area contributed by atoms with Gasteiger partial charge in [0.25, 0.3) is 5.91 Å². The Labute approximate surface area is 152 Å². The molecule has 1 aliphatic heterocycles. The van der Waals surface area contributed by atoms with E-state index in [9.17, 15) is 13.6 Å². The molecule has 0 atom stereocenters. The fraction of sp³-hybridized carbons (Fsp3) is 0.0556. The highest BCUT2D eigenvalue weighted by Gasteiger charge is 2.15. The number of ether oxygens (including phenoxy) is 2. The first kappa shape index (κ1) is 16.7. The Balaban J connectivity index is 1.50. The lowest BCUT2D eigenvalue weighted by Gasteiger charge is -2.09. The molecule has 7 nitrogen and oxygen atoms in total. The van der Waals surface area contributed by atoms with E-state index in [0.29, 0.717) is 17.2 Å².